The van der Waals surface area contributed by atoms with Gasteiger partial charge in [-0.2, -0.15) is 5.10 Å². The standard InChI is InChI=1S/C14H11IN4/c15-11-6-2-1-5-10(11)9-16-19-14-17-12-7-3-4-8-13(12)18-14/h1-9H,(H2,17,18,19)/b16-9-. The summed E-state index contributed by atoms with van der Waals surface area (Å²) in [4.78, 5) is 7.54. The Hall–Kier alpha value is -1.89. The summed E-state index contributed by atoms with van der Waals surface area (Å²) < 4.78 is 1.16. The lowest BCUT2D eigenvalue weighted by molar-refractivity contribution is 1.21. The third-order valence-corrected chi connectivity index (χ3v) is 3.65. The fourth-order valence-electron chi connectivity index (χ4n) is 1.75. The van der Waals surface area contributed by atoms with Gasteiger partial charge in [-0.05, 0) is 40.8 Å². The summed E-state index contributed by atoms with van der Waals surface area (Å²) >= 11 is 2.28. The van der Waals surface area contributed by atoms with Crippen molar-refractivity contribution in [1.82, 2.24) is 9.97 Å². The number of fused-ring (bicyclic) bond motifs is 1. The number of para-hydroxylation sites is 2. The van der Waals surface area contributed by atoms with Crippen LogP contribution in [-0.4, -0.2) is 16.2 Å². The molecule has 2 aromatic carbocycles. The van der Waals surface area contributed by atoms with Crippen molar-refractivity contribution in [3.63, 3.8) is 0 Å². The fourth-order valence-corrected chi connectivity index (χ4v) is 2.28. The van der Waals surface area contributed by atoms with Crippen LogP contribution in [0.1, 0.15) is 5.56 Å². The molecule has 0 unspecified atom stereocenters. The molecule has 0 fully saturated rings. The number of hydrogen-bond acceptors (Lipinski definition) is 3. The van der Waals surface area contributed by atoms with Crippen LogP contribution in [0.4, 0.5) is 5.95 Å². The molecule has 0 spiro atoms. The highest BCUT2D eigenvalue weighted by Crippen LogP contribution is 2.13. The topological polar surface area (TPSA) is 53.1 Å². The Kier molecular flexibility index (Phi) is 3.45. The van der Waals surface area contributed by atoms with Gasteiger partial charge in [0, 0.05) is 9.13 Å². The Morgan fingerprint density at radius 1 is 1.11 bits per heavy atom. The molecular formula is C14H11IN4. The van der Waals surface area contributed by atoms with E-state index in [2.05, 4.69) is 43.1 Å². The molecule has 3 rings (SSSR count). The maximum Gasteiger partial charge on any atom is 0.222 e. The van der Waals surface area contributed by atoms with Crippen molar-refractivity contribution in [2.75, 3.05) is 5.43 Å². The Bertz CT molecular complexity index is 700. The van der Waals surface area contributed by atoms with Gasteiger partial charge < -0.3 is 4.98 Å². The molecule has 0 aliphatic carbocycles. The molecule has 0 amide bonds. The average Bonchev–Trinajstić information content (AvgIpc) is 2.83. The first-order chi connectivity index (χ1) is 9.33. The van der Waals surface area contributed by atoms with Crippen molar-refractivity contribution in [3.8, 4) is 0 Å². The van der Waals surface area contributed by atoms with E-state index in [1.807, 2.05) is 48.5 Å². The van der Waals surface area contributed by atoms with E-state index in [-0.39, 0.29) is 0 Å². The van der Waals surface area contributed by atoms with E-state index in [1.54, 1.807) is 6.21 Å². The van der Waals surface area contributed by atoms with E-state index in [4.69, 9.17) is 0 Å². The lowest BCUT2D eigenvalue weighted by Crippen LogP contribution is -1.93. The number of hydrazone groups is 1. The maximum atomic E-state index is 4.38. The van der Waals surface area contributed by atoms with Crippen molar-refractivity contribution in [3.05, 3.63) is 57.7 Å². The van der Waals surface area contributed by atoms with Gasteiger partial charge in [0.1, 0.15) is 0 Å². The summed E-state index contributed by atoms with van der Waals surface area (Å²) in [6, 6.07) is 15.9. The predicted octanol–water partition coefficient (Wildman–Crippen LogP) is 3.61. The van der Waals surface area contributed by atoms with Crippen LogP contribution < -0.4 is 5.43 Å². The van der Waals surface area contributed by atoms with Gasteiger partial charge in [-0.15, -0.1) is 0 Å². The summed E-state index contributed by atoms with van der Waals surface area (Å²) in [5.41, 5.74) is 5.91. The van der Waals surface area contributed by atoms with Gasteiger partial charge >= 0.3 is 0 Å². The van der Waals surface area contributed by atoms with E-state index in [0.717, 1.165) is 20.2 Å². The van der Waals surface area contributed by atoms with E-state index in [0.29, 0.717) is 5.95 Å². The number of halogens is 1. The molecule has 0 aliphatic rings. The molecule has 1 aromatic heterocycles. The smallest absolute Gasteiger partial charge is 0.222 e. The summed E-state index contributed by atoms with van der Waals surface area (Å²) in [6.07, 6.45) is 1.79. The molecule has 5 heteroatoms. The number of anilines is 1. The minimum absolute atomic E-state index is 0.642. The molecule has 2 N–H and O–H groups in total. The van der Waals surface area contributed by atoms with Gasteiger partial charge in [-0.25, -0.2) is 10.4 Å². The van der Waals surface area contributed by atoms with Crippen LogP contribution in [0.5, 0.6) is 0 Å². The van der Waals surface area contributed by atoms with Crippen molar-refractivity contribution in [2.24, 2.45) is 5.10 Å². The molecule has 3 aromatic rings. The summed E-state index contributed by atoms with van der Waals surface area (Å²) in [7, 11) is 0. The highest BCUT2D eigenvalue weighted by molar-refractivity contribution is 14.1. The first-order valence-corrected chi connectivity index (χ1v) is 6.89. The Labute approximate surface area is 124 Å². The van der Waals surface area contributed by atoms with Crippen LogP contribution in [0.2, 0.25) is 0 Å². The van der Waals surface area contributed by atoms with Crippen LogP contribution in [0, 0.1) is 3.57 Å². The van der Waals surface area contributed by atoms with Crippen LogP contribution in [0.25, 0.3) is 11.0 Å². The van der Waals surface area contributed by atoms with Gasteiger partial charge in [0.25, 0.3) is 0 Å². The first kappa shape index (κ1) is 12.2. The van der Waals surface area contributed by atoms with E-state index < -0.39 is 0 Å². The molecule has 94 valence electrons. The zero-order valence-corrected chi connectivity index (χ0v) is 12.1. The summed E-state index contributed by atoms with van der Waals surface area (Å²) in [6.45, 7) is 0. The van der Waals surface area contributed by atoms with Crippen LogP contribution >= 0.6 is 22.6 Å². The zero-order valence-electron chi connectivity index (χ0n) is 9.97. The molecule has 0 saturated heterocycles. The Morgan fingerprint density at radius 2 is 1.89 bits per heavy atom. The largest absolute Gasteiger partial charge is 0.323 e. The number of hydrogen-bond donors (Lipinski definition) is 2. The lowest BCUT2D eigenvalue weighted by atomic mass is 10.2. The highest BCUT2D eigenvalue weighted by atomic mass is 127. The fraction of sp³-hybridized carbons (Fsp3) is 0. The molecule has 4 nitrogen and oxygen atoms in total. The summed E-state index contributed by atoms with van der Waals surface area (Å²) in [5.74, 6) is 0.642. The quantitative estimate of drug-likeness (QED) is 0.425. The molecule has 19 heavy (non-hydrogen) atoms. The molecule has 0 radical (unpaired) electrons. The highest BCUT2D eigenvalue weighted by Gasteiger charge is 1.99. The number of aromatic amines is 1. The number of rotatable bonds is 3. The van der Waals surface area contributed by atoms with E-state index in [1.165, 1.54) is 0 Å². The molecule has 0 aliphatic heterocycles. The number of aromatic nitrogens is 2. The second-order valence-corrected chi connectivity index (χ2v) is 5.16. The van der Waals surface area contributed by atoms with Gasteiger partial charge in [-0.1, -0.05) is 30.3 Å². The Balaban J connectivity index is 1.77. The zero-order chi connectivity index (χ0) is 13.1. The third kappa shape index (κ3) is 2.76. The van der Waals surface area contributed by atoms with E-state index in [9.17, 15) is 0 Å². The Morgan fingerprint density at radius 3 is 2.74 bits per heavy atom. The second kappa shape index (κ2) is 5.40. The first-order valence-electron chi connectivity index (χ1n) is 5.81. The van der Waals surface area contributed by atoms with Crippen LogP contribution in [0.15, 0.2) is 53.6 Å². The lowest BCUT2D eigenvalue weighted by Gasteiger charge is -1.96. The normalized spacial score (nSPS) is 11.2. The number of H-pyrrole nitrogens is 1. The maximum absolute atomic E-state index is 4.38. The average molecular weight is 362 g/mol. The minimum Gasteiger partial charge on any atom is -0.323 e. The molecule has 0 bridgehead atoms. The van der Waals surface area contributed by atoms with Crippen molar-refractivity contribution in [2.45, 2.75) is 0 Å². The van der Waals surface area contributed by atoms with Crippen molar-refractivity contribution >= 4 is 45.8 Å². The number of imidazole rings is 1. The van der Waals surface area contributed by atoms with Crippen molar-refractivity contribution < 1.29 is 0 Å². The van der Waals surface area contributed by atoms with Gasteiger partial charge in [0.15, 0.2) is 0 Å². The molecular weight excluding hydrogens is 351 g/mol. The van der Waals surface area contributed by atoms with E-state index >= 15 is 0 Å². The molecule has 0 saturated carbocycles. The second-order valence-electron chi connectivity index (χ2n) is 3.99. The monoisotopic (exact) mass is 362 g/mol. The predicted molar refractivity (Wildman–Crippen MR) is 86.5 cm³/mol. The van der Waals surface area contributed by atoms with Crippen molar-refractivity contribution in [1.29, 1.82) is 0 Å². The number of nitrogens with zero attached hydrogens (tertiary/aromatic N) is 2. The van der Waals surface area contributed by atoms with Gasteiger partial charge in [0.2, 0.25) is 5.95 Å². The third-order valence-electron chi connectivity index (χ3n) is 2.67. The summed E-state index contributed by atoms with van der Waals surface area (Å²) in [5, 5.41) is 4.19. The van der Waals surface area contributed by atoms with Gasteiger partial charge in [-0.3, -0.25) is 0 Å². The minimum atomic E-state index is 0.642. The number of nitrogens with one attached hydrogen (secondary N) is 2. The van der Waals surface area contributed by atoms with Gasteiger partial charge in [0.05, 0.1) is 17.2 Å². The molecule has 1 heterocycles. The SMILES string of the molecule is Ic1ccccc1/C=N\Nc1nc2ccccc2[nH]1. The molecule has 0 atom stereocenters. The number of benzene rings is 2. The van der Waals surface area contributed by atoms with Crippen LogP contribution in [-0.2, 0) is 0 Å². The van der Waals surface area contributed by atoms with Crippen LogP contribution in [0.3, 0.4) is 0 Å².